The summed E-state index contributed by atoms with van der Waals surface area (Å²) in [5, 5.41) is 12.6. The number of ether oxygens (including phenoxy) is 1. The van der Waals surface area contributed by atoms with Gasteiger partial charge in [0.05, 0.1) is 10.4 Å². The Bertz CT molecular complexity index is 1570. The van der Waals surface area contributed by atoms with Crippen molar-refractivity contribution in [3.8, 4) is 23.0 Å². The highest BCUT2D eigenvalue weighted by molar-refractivity contribution is 6.36. The summed E-state index contributed by atoms with van der Waals surface area (Å²) in [6, 6.07) is 9.47. The Morgan fingerprint density at radius 3 is 2.67 bits per heavy atom. The standard InChI is InChI=1S/C30H31ClFN5O2/c1-36-10-4-6-20(36)16-39-30-34-27-22(29(35-30)37-14-17-8-9-18(11-17)15-37)13-33-28(26(27)32)24-21-7-3-2-5-19(21)12-23(38)25(24)31/h2-3,5,7,12-13,17-18,20,38H,4,6,8-11,14-16H2,1H3/t17?,18?,20-/m0/s1. The Kier molecular flexibility index (Phi) is 6.20. The summed E-state index contributed by atoms with van der Waals surface area (Å²) in [5.74, 6) is 1.20. The lowest BCUT2D eigenvalue weighted by Gasteiger charge is -2.33. The maximum atomic E-state index is 16.5. The Labute approximate surface area is 231 Å². The number of nitrogens with zero attached hydrogens (tertiary/aromatic N) is 5. The molecule has 9 heteroatoms. The molecule has 2 unspecified atom stereocenters. The minimum Gasteiger partial charge on any atom is -0.506 e. The molecule has 7 nitrogen and oxygen atoms in total. The molecule has 2 saturated heterocycles. The van der Waals surface area contributed by atoms with Gasteiger partial charge in [-0.25, -0.2) is 4.39 Å². The maximum Gasteiger partial charge on any atom is 0.319 e. The topological polar surface area (TPSA) is 74.6 Å². The van der Waals surface area contributed by atoms with Gasteiger partial charge in [0, 0.05) is 30.9 Å². The van der Waals surface area contributed by atoms with E-state index in [1.54, 1.807) is 12.3 Å². The number of likely N-dealkylation sites (tertiary alicyclic amines) is 1. The van der Waals surface area contributed by atoms with Crippen molar-refractivity contribution in [3.63, 3.8) is 0 Å². The van der Waals surface area contributed by atoms with E-state index in [2.05, 4.69) is 26.8 Å². The van der Waals surface area contributed by atoms with Crippen molar-refractivity contribution in [1.82, 2.24) is 19.9 Å². The molecule has 2 aliphatic heterocycles. The number of aromatic hydroxyl groups is 1. The third-order valence-corrected chi connectivity index (χ3v) is 9.21. The summed E-state index contributed by atoms with van der Waals surface area (Å²) >= 11 is 6.56. The molecule has 3 fully saturated rings. The van der Waals surface area contributed by atoms with Crippen LogP contribution in [0.15, 0.2) is 36.5 Å². The molecule has 0 amide bonds. The van der Waals surface area contributed by atoms with Gasteiger partial charge in [0.25, 0.3) is 0 Å². The van der Waals surface area contributed by atoms with Gasteiger partial charge < -0.3 is 19.6 Å². The smallest absolute Gasteiger partial charge is 0.319 e. The van der Waals surface area contributed by atoms with Crippen molar-refractivity contribution < 1.29 is 14.2 Å². The van der Waals surface area contributed by atoms with Gasteiger partial charge in [0.15, 0.2) is 5.82 Å². The van der Waals surface area contributed by atoms with E-state index in [0.717, 1.165) is 37.9 Å². The van der Waals surface area contributed by atoms with Crippen molar-refractivity contribution in [1.29, 1.82) is 0 Å². The van der Waals surface area contributed by atoms with Gasteiger partial charge in [-0.2, -0.15) is 9.97 Å². The van der Waals surface area contributed by atoms with Gasteiger partial charge in [-0.3, -0.25) is 4.98 Å². The molecule has 2 aromatic heterocycles. The fourth-order valence-corrected chi connectivity index (χ4v) is 7.03. The number of benzene rings is 2. The van der Waals surface area contributed by atoms with Crippen LogP contribution in [0.5, 0.6) is 11.8 Å². The molecule has 2 aromatic carbocycles. The van der Waals surface area contributed by atoms with Crippen LogP contribution >= 0.6 is 11.6 Å². The molecule has 0 radical (unpaired) electrons. The molecular formula is C30H31ClFN5O2. The Balaban J connectivity index is 1.38. The monoisotopic (exact) mass is 547 g/mol. The molecule has 7 rings (SSSR count). The first-order valence-corrected chi connectivity index (χ1v) is 14.2. The number of fused-ring (bicyclic) bond motifs is 4. The second kappa shape index (κ2) is 9.75. The summed E-state index contributed by atoms with van der Waals surface area (Å²) in [4.78, 5) is 18.5. The number of piperidine rings is 1. The number of phenols is 1. The molecule has 39 heavy (non-hydrogen) atoms. The number of rotatable bonds is 5. The lowest BCUT2D eigenvalue weighted by atomic mass is 9.98. The summed E-state index contributed by atoms with van der Waals surface area (Å²) in [7, 11) is 2.10. The molecule has 3 aliphatic rings. The summed E-state index contributed by atoms with van der Waals surface area (Å²) in [6.07, 6.45) is 7.52. The highest BCUT2D eigenvalue weighted by Gasteiger charge is 2.35. The normalized spacial score (nSPS) is 23.3. The van der Waals surface area contributed by atoms with Crippen molar-refractivity contribution in [2.24, 2.45) is 11.8 Å². The third-order valence-electron chi connectivity index (χ3n) is 8.83. The fraction of sp³-hybridized carbons (Fsp3) is 0.433. The molecule has 3 atom stereocenters. The highest BCUT2D eigenvalue weighted by Crippen LogP contribution is 2.44. The second-order valence-corrected chi connectivity index (χ2v) is 11.7. The van der Waals surface area contributed by atoms with E-state index in [4.69, 9.17) is 21.3 Å². The number of aromatic nitrogens is 3. The van der Waals surface area contributed by atoms with Gasteiger partial charge >= 0.3 is 6.01 Å². The lowest BCUT2D eigenvalue weighted by molar-refractivity contribution is 0.188. The predicted molar refractivity (Wildman–Crippen MR) is 151 cm³/mol. The van der Waals surface area contributed by atoms with Gasteiger partial charge in [0.2, 0.25) is 0 Å². The Morgan fingerprint density at radius 1 is 1.10 bits per heavy atom. The van der Waals surface area contributed by atoms with Crippen LogP contribution in [-0.4, -0.2) is 64.3 Å². The van der Waals surface area contributed by atoms with E-state index in [-0.39, 0.29) is 34.0 Å². The van der Waals surface area contributed by atoms with E-state index in [1.807, 2.05) is 24.3 Å². The predicted octanol–water partition coefficient (Wildman–Crippen LogP) is 6.05. The first-order chi connectivity index (χ1) is 19.0. The quantitative estimate of drug-likeness (QED) is 0.326. The molecule has 1 saturated carbocycles. The molecule has 0 spiro atoms. The van der Waals surface area contributed by atoms with Crippen LogP contribution in [0.2, 0.25) is 5.02 Å². The van der Waals surface area contributed by atoms with Crippen molar-refractivity contribution in [3.05, 3.63) is 47.4 Å². The third kappa shape index (κ3) is 4.34. The Morgan fingerprint density at radius 2 is 1.90 bits per heavy atom. The number of anilines is 1. The Hall–Kier alpha value is -3.23. The maximum absolute atomic E-state index is 16.5. The van der Waals surface area contributed by atoms with Gasteiger partial charge in [-0.1, -0.05) is 35.9 Å². The number of pyridine rings is 1. The molecule has 1 N–H and O–H groups in total. The SMILES string of the molecule is CN1CCC[C@H]1COc1nc(N2CC3CCC(C3)C2)c2cnc(-c3c(Cl)c(O)cc4ccccc34)c(F)c2n1. The van der Waals surface area contributed by atoms with E-state index >= 15 is 4.39 Å². The van der Waals surface area contributed by atoms with Crippen LogP contribution < -0.4 is 9.64 Å². The molecule has 4 heterocycles. The summed E-state index contributed by atoms with van der Waals surface area (Å²) < 4.78 is 22.7. The second-order valence-electron chi connectivity index (χ2n) is 11.4. The number of hydrogen-bond donors (Lipinski definition) is 1. The number of halogens is 2. The van der Waals surface area contributed by atoms with Crippen LogP contribution in [0.1, 0.15) is 32.1 Å². The van der Waals surface area contributed by atoms with E-state index < -0.39 is 5.82 Å². The highest BCUT2D eigenvalue weighted by atomic mass is 35.5. The average molecular weight is 548 g/mol. The van der Waals surface area contributed by atoms with Crippen molar-refractivity contribution in [2.45, 2.75) is 38.1 Å². The van der Waals surface area contributed by atoms with Gasteiger partial charge in [-0.05, 0) is 74.4 Å². The van der Waals surface area contributed by atoms with Crippen LogP contribution in [0.4, 0.5) is 10.2 Å². The molecule has 2 bridgehead atoms. The zero-order chi connectivity index (χ0) is 26.7. The summed E-state index contributed by atoms with van der Waals surface area (Å²) in [5.41, 5.74) is 0.545. The average Bonchev–Trinajstić information content (AvgIpc) is 3.51. The molecule has 4 aromatic rings. The minimum atomic E-state index is -0.600. The largest absolute Gasteiger partial charge is 0.506 e. The summed E-state index contributed by atoms with van der Waals surface area (Å²) in [6.45, 7) is 3.27. The van der Waals surface area contributed by atoms with Gasteiger partial charge in [0.1, 0.15) is 29.4 Å². The van der Waals surface area contributed by atoms with E-state index in [9.17, 15) is 5.11 Å². The molecular weight excluding hydrogens is 517 g/mol. The van der Waals surface area contributed by atoms with Crippen molar-refractivity contribution >= 4 is 39.1 Å². The van der Waals surface area contributed by atoms with Crippen LogP contribution in [0, 0.1) is 17.7 Å². The zero-order valence-electron chi connectivity index (χ0n) is 21.9. The number of phenolic OH excluding ortho intramolecular Hbond substituents is 1. The van der Waals surface area contributed by atoms with Crippen LogP contribution in [0.3, 0.4) is 0 Å². The molecule has 1 aliphatic carbocycles. The first kappa shape index (κ1) is 24.8. The lowest BCUT2D eigenvalue weighted by Crippen LogP contribution is -2.37. The zero-order valence-corrected chi connectivity index (χ0v) is 22.7. The van der Waals surface area contributed by atoms with Gasteiger partial charge in [-0.15, -0.1) is 0 Å². The number of likely N-dealkylation sites (N-methyl/N-ethyl adjacent to an activating group) is 1. The van der Waals surface area contributed by atoms with Crippen LogP contribution in [-0.2, 0) is 0 Å². The van der Waals surface area contributed by atoms with E-state index in [0.29, 0.717) is 40.6 Å². The van der Waals surface area contributed by atoms with Crippen molar-refractivity contribution in [2.75, 3.05) is 38.2 Å². The minimum absolute atomic E-state index is 0.0458. The van der Waals surface area contributed by atoms with Crippen LogP contribution in [0.25, 0.3) is 32.9 Å². The number of hydrogen-bond acceptors (Lipinski definition) is 7. The molecule has 202 valence electrons. The first-order valence-electron chi connectivity index (χ1n) is 13.8. The fourth-order valence-electron chi connectivity index (χ4n) is 6.78. The van der Waals surface area contributed by atoms with E-state index in [1.165, 1.54) is 19.3 Å².